The molecule has 4 N–H and O–H groups in total. The van der Waals surface area contributed by atoms with Crippen LogP contribution in [0.25, 0.3) is 6.08 Å². The van der Waals surface area contributed by atoms with E-state index in [2.05, 4.69) is 10.6 Å². The molecule has 6 nitrogen and oxygen atoms in total. The lowest BCUT2D eigenvalue weighted by Gasteiger charge is -2.10. The third-order valence-electron chi connectivity index (χ3n) is 4.32. The van der Waals surface area contributed by atoms with Crippen LogP contribution >= 0.6 is 23.6 Å². The number of furan rings is 1. The van der Waals surface area contributed by atoms with Gasteiger partial charge in [-0.25, -0.2) is 0 Å². The van der Waals surface area contributed by atoms with Gasteiger partial charge < -0.3 is 15.5 Å². The maximum Gasteiger partial charge on any atom is 0.251 e. The van der Waals surface area contributed by atoms with Crippen molar-refractivity contribution >= 4 is 51.6 Å². The number of thiophene rings is 1. The number of rotatable bonds is 4. The number of nitrogens with one attached hydrogen (secondary N) is 2. The summed E-state index contributed by atoms with van der Waals surface area (Å²) in [5.41, 5.74) is 7.16. The van der Waals surface area contributed by atoms with E-state index in [1.54, 1.807) is 18.2 Å². The minimum absolute atomic E-state index is 0.126. The standard InChI is InChI=1S/C19H21N3O3S2/c20-17(24)16-13-7-3-1-2-4-8-14(13)27-18(16)22-19(26)21-15(23)10-9-12-6-5-11-25-12/h5-6,9-11H,1-4,7-8H2,(H2,20,24)(H2,21,22,23,26). The molecule has 2 heterocycles. The minimum atomic E-state index is -0.470. The van der Waals surface area contributed by atoms with E-state index < -0.39 is 5.91 Å². The second kappa shape index (κ2) is 8.96. The fraction of sp³-hybridized carbons (Fsp3) is 0.316. The van der Waals surface area contributed by atoms with E-state index >= 15 is 0 Å². The first-order chi connectivity index (χ1) is 13.0. The first kappa shape index (κ1) is 19.3. The van der Waals surface area contributed by atoms with E-state index in [9.17, 15) is 9.59 Å². The zero-order chi connectivity index (χ0) is 19.2. The fourth-order valence-electron chi connectivity index (χ4n) is 3.10. The summed E-state index contributed by atoms with van der Waals surface area (Å²) in [6.07, 6.45) is 10.7. The van der Waals surface area contributed by atoms with E-state index in [0.29, 0.717) is 16.3 Å². The predicted octanol–water partition coefficient (Wildman–Crippen LogP) is 3.63. The maximum atomic E-state index is 12.0. The SMILES string of the molecule is NC(=O)c1c(NC(=S)NC(=O)C=Cc2ccco2)sc2c1CCCCCC2. The van der Waals surface area contributed by atoms with Crippen molar-refractivity contribution in [2.45, 2.75) is 38.5 Å². The molecule has 0 aliphatic heterocycles. The molecule has 0 saturated carbocycles. The number of hydrogen-bond donors (Lipinski definition) is 3. The van der Waals surface area contributed by atoms with Crippen molar-refractivity contribution in [3.05, 3.63) is 46.2 Å². The summed E-state index contributed by atoms with van der Waals surface area (Å²) < 4.78 is 5.13. The van der Waals surface area contributed by atoms with Gasteiger partial charge in [-0.3, -0.25) is 14.9 Å². The van der Waals surface area contributed by atoms with E-state index in [1.807, 2.05) is 0 Å². The molecule has 0 spiro atoms. The van der Waals surface area contributed by atoms with Crippen molar-refractivity contribution < 1.29 is 14.0 Å². The van der Waals surface area contributed by atoms with Gasteiger partial charge in [0.25, 0.3) is 5.91 Å². The normalized spacial score (nSPS) is 14.2. The smallest absolute Gasteiger partial charge is 0.251 e. The number of anilines is 1. The maximum absolute atomic E-state index is 12.0. The van der Waals surface area contributed by atoms with E-state index in [1.165, 1.54) is 35.0 Å². The highest BCUT2D eigenvalue weighted by atomic mass is 32.1. The molecule has 0 bridgehead atoms. The van der Waals surface area contributed by atoms with Crippen LogP contribution < -0.4 is 16.4 Å². The van der Waals surface area contributed by atoms with Crippen LogP contribution in [0.15, 0.2) is 28.9 Å². The molecule has 0 saturated heterocycles. The summed E-state index contributed by atoms with van der Waals surface area (Å²) in [7, 11) is 0. The summed E-state index contributed by atoms with van der Waals surface area (Å²) in [5.74, 6) is -0.292. The number of primary amides is 1. The van der Waals surface area contributed by atoms with Crippen LogP contribution in [0.3, 0.4) is 0 Å². The van der Waals surface area contributed by atoms with Gasteiger partial charge in [0.2, 0.25) is 5.91 Å². The molecule has 0 radical (unpaired) electrons. The summed E-state index contributed by atoms with van der Waals surface area (Å²) in [6.45, 7) is 0. The van der Waals surface area contributed by atoms with E-state index in [-0.39, 0.29) is 11.0 Å². The van der Waals surface area contributed by atoms with Gasteiger partial charge in [-0.2, -0.15) is 0 Å². The Hall–Kier alpha value is -2.45. The molecule has 2 amide bonds. The topological polar surface area (TPSA) is 97.4 Å². The summed E-state index contributed by atoms with van der Waals surface area (Å²) in [5, 5.41) is 6.28. The molecule has 1 aliphatic rings. The highest BCUT2D eigenvalue weighted by Gasteiger charge is 2.23. The molecule has 2 aromatic heterocycles. The summed E-state index contributed by atoms with van der Waals surface area (Å²) >= 11 is 6.72. The van der Waals surface area contributed by atoms with Gasteiger partial charge in [0, 0.05) is 11.0 Å². The van der Waals surface area contributed by atoms with Gasteiger partial charge in [0.05, 0.1) is 11.8 Å². The number of hydrogen-bond acceptors (Lipinski definition) is 5. The number of aryl methyl sites for hydroxylation is 1. The highest BCUT2D eigenvalue weighted by molar-refractivity contribution is 7.80. The van der Waals surface area contributed by atoms with Crippen molar-refractivity contribution in [3.63, 3.8) is 0 Å². The number of thiocarbonyl (C=S) groups is 1. The Morgan fingerprint density at radius 1 is 1.22 bits per heavy atom. The number of amides is 2. The van der Waals surface area contributed by atoms with Crippen molar-refractivity contribution in [1.29, 1.82) is 0 Å². The molecule has 2 aromatic rings. The van der Waals surface area contributed by atoms with Crippen molar-refractivity contribution in [1.82, 2.24) is 5.32 Å². The Morgan fingerprint density at radius 3 is 2.70 bits per heavy atom. The quantitative estimate of drug-likeness (QED) is 0.535. The average Bonchev–Trinajstić information content (AvgIpc) is 3.21. The van der Waals surface area contributed by atoms with Crippen LogP contribution in [0.4, 0.5) is 5.00 Å². The van der Waals surface area contributed by atoms with Gasteiger partial charge in [0.15, 0.2) is 5.11 Å². The zero-order valence-corrected chi connectivity index (χ0v) is 16.4. The molecule has 3 rings (SSSR count). The lowest BCUT2D eigenvalue weighted by atomic mass is 9.96. The molecule has 0 aromatic carbocycles. The third kappa shape index (κ3) is 5.05. The molecular formula is C19H21N3O3S2. The Balaban J connectivity index is 1.70. The molecule has 8 heteroatoms. The molecule has 0 fully saturated rings. The zero-order valence-electron chi connectivity index (χ0n) is 14.7. The number of fused-ring (bicyclic) bond motifs is 1. The second-order valence-corrected chi connectivity index (χ2v) is 7.79. The van der Waals surface area contributed by atoms with Crippen LogP contribution in [0.2, 0.25) is 0 Å². The predicted molar refractivity (Wildman–Crippen MR) is 111 cm³/mol. The first-order valence-electron chi connectivity index (χ1n) is 8.82. The molecule has 1 aliphatic carbocycles. The Morgan fingerprint density at radius 2 is 2.00 bits per heavy atom. The monoisotopic (exact) mass is 403 g/mol. The Kier molecular flexibility index (Phi) is 6.41. The highest BCUT2D eigenvalue weighted by Crippen LogP contribution is 2.36. The molecule has 142 valence electrons. The van der Waals surface area contributed by atoms with Crippen LogP contribution in [0, 0.1) is 0 Å². The van der Waals surface area contributed by atoms with Crippen molar-refractivity contribution in [2.24, 2.45) is 5.73 Å². The lowest BCUT2D eigenvalue weighted by Crippen LogP contribution is -2.33. The van der Waals surface area contributed by atoms with Crippen LogP contribution in [-0.4, -0.2) is 16.9 Å². The van der Waals surface area contributed by atoms with Gasteiger partial charge in [-0.1, -0.05) is 12.8 Å². The van der Waals surface area contributed by atoms with Crippen LogP contribution in [0.5, 0.6) is 0 Å². The van der Waals surface area contributed by atoms with Crippen molar-refractivity contribution in [3.8, 4) is 0 Å². The molecule has 27 heavy (non-hydrogen) atoms. The van der Waals surface area contributed by atoms with Gasteiger partial charge in [0.1, 0.15) is 10.8 Å². The Bertz CT molecular complexity index is 869. The molecular weight excluding hydrogens is 382 g/mol. The minimum Gasteiger partial charge on any atom is -0.465 e. The first-order valence-corrected chi connectivity index (χ1v) is 10.0. The summed E-state index contributed by atoms with van der Waals surface area (Å²) in [4.78, 5) is 25.2. The van der Waals surface area contributed by atoms with Crippen LogP contribution in [0.1, 0.15) is 52.2 Å². The second-order valence-electron chi connectivity index (χ2n) is 6.28. The number of carbonyl (C=O) groups excluding carboxylic acids is 2. The summed E-state index contributed by atoms with van der Waals surface area (Å²) in [6, 6.07) is 3.47. The van der Waals surface area contributed by atoms with Crippen molar-refractivity contribution in [2.75, 3.05) is 5.32 Å². The van der Waals surface area contributed by atoms with Gasteiger partial charge >= 0.3 is 0 Å². The average molecular weight is 404 g/mol. The number of nitrogens with two attached hydrogens (primary N) is 1. The van der Waals surface area contributed by atoms with E-state index in [4.69, 9.17) is 22.4 Å². The Labute approximate surface area is 166 Å². The van der Waals surface area contributed by atoms with Crippen LogP contribution in [-0.2, 0) is 17.6 Å². The lowest BCUT2D eigenvalue weighted by molar-refractivity contribution is -0.115. The van der Waals surface area contributed by atoms with E-state index in [0.717, 1.165) is 37.7 Å². The molecule has 0 unspecified atom stereocenters. The fourth-order valence-corrected chi connectivity index (χ4v) is 4.67. The van der Waals surface area contributed by atoms with Gasteiger partial charge in [-0.05, 0) is 61.7 Å². The van der Waals surface area contributed by atoms with Gasteiger partial charge in [-0.15, -0.1) is 11.3 Å². The molecule has 0 atom stereocenters. The number of carbonyl (C=O) groups is 2. The largest absolute Gasteiger partial charge is 0.465 e. The third-order valence-corrected chi connectivity index (χ3v) is 5.74.